The smallest absolute Gasteiger partial charge is 0.121 e. The average molecular weight is 701 g/mol. The van der Waals surface area contributed by atoms with E-state index in [0.29, 0.717) is 0 Å². The van der Waals surface area contributed by atoms with E-state index in [0.717, 1.165) is 60.6 Å². The molecule has 9 aromatic carbocycles. The summed E-state index contributed by atoms with van der Waals surface area (Å²) in [4.78, 5) is 6.41. The first-order valence-corrected chi connectivity index (χ1v) is 18.6. The van der Waals surface area contributed by atoms with E-state index < -0.39 is 0 Å². The highest BCUT2D eigenvalue weighted by Gasteiger charge is 2.18. The average Bonchev–Trinajstić information content (AvgIpc) is 3.70. The Labute approximate surface area is 317 Å². The van der Waals surface area contributed by atoms with Crippen LogP contribution in [0.3, 0.4) is 0 Å². The zero-order valence-corrected chi connectivity index (χ0v) is 29.8. The molecule has 0 fully saturated rings. The largest absolute Gasteiger partial charge is 0.256 e. The predicted octanol–water partition coefficient (Wildman–Crippen LogP) is 13.1. The summed E-state index contributed by atoms with van der Waals surface area (Å²) in [6.45, 7) is 0. The van der Waals surface area contributed by atoms with Gasteiger partial charge in [0.25, 0.3) is 0 Å². The molecule has 2 heterocycles. The molecule has 0 aliphatic carbocycles. The summed E-state index contributed by atoms with van der Waals surface area (Å²) >= 11 is 0. The number of hydrogen-bond acceptors (Lipinski definition) is 3. The van der Waals surface area contributed by atoms with Gasteiger partial charge in [0.2, 0.25) is 0 Å². The second-order valence-corrected chi connectivity index (χ2v) is 14.1. The zero-order chi connectivity index (χ0) is 36.3. The molecule has 0 saturated carbocycles. The van der Waals surface area contributed by atoms with Crippen LogP contribution in [0.4, 0.5) is 0 Å². The van der Waals surface area contributed by atoms with E-state index in [4.69, 9.17) is 10.2 Å². The minimum atomic E-state index is 0.856. The molecule has 256 valence electrons. The highest BCUT2D eigenvalue weighted by molar-refractivity contribution is 6.21. The number of hydrogen-bond donors (Lipinski definition) is 0. The molecule has 2 aromatic heterocycles. The predicted molar refractivity (Wildman–Crippen MR) is 228 cm³/mol. The molecule has 0 radical (unpaired) electrons. The van der Waals surface area contributed by atoms with Gasteiger partial charge in [-0.1, -0.05) is 158 Å². The highest BCUT2D eigenvalue weighted by atomic mass is 15.5. The molecule has 4 nitrogen and oxygen atoms in total. The second-order valence-electron chi connectivity index (χ2n) is 14.1. The standard InChI is InChI=1S/C51H32N4/c1-2-12-35(13-3-1)49-41-16-6-8-18-43(41)50(44-19-9-7-17-42(44)49)36-24-22-34(23-25-36)46-31-48-51(45-20-10-5-15-40(45)46)54-55(53-48)39-28-26-33(27-29-39)38-30-37-14-4-11-21-47(37)52-32-38/h1-32H. The van der Waals surface area contributed by atoms with Gasteiger partial charge in [-0.15, -0.1) is 10.2 Å². The Morgan fingerprint density at radius 1 is 0.345 bits per heavy atom. The Hall–Kier alpha value is -7.43. The van der Waals surface area contributed by atoms with Crippen molar-refractivity contribution in [3.05, 3.63) is 194 Å². The number of nitrogens with zero attached hydrogens (tertiary/aromatic N) is 4. The van der Waals surface area contributed by atoms with E-state index in [-0.39, 0.29) is 0 Å². The number of para-hydroxylation sites is 1. The van der Waals surface area contributed by atoms with Gasteiger partial charge in [0.1, 0.15) is 11.0 Å². The van der Waals surface area contributed by atoms with Gasteiger partial charge in [0.05, 0.1) is 11.2 Å². The summed E-state index contributed by atoms with van der Waals surface area (Å²) in [6.07, 6.45) is 1.93. The SMILES string of the molecule is c1ccc(-c2c3ccccc3c(-c3ccc(-c4cc5nn(-c6ccc(-c7cnc8ccccc8c7)cc6)nc5c5ccccc45)cc3)c3ccccc23)cc1. The molecular formula is C51H32N4. The Morgan fingerprint density at radius 3 is 1.55 bits per heavy atom. The van der Waals surface area contributed by atoms with Gasteiger partial charge >= 0.3 is 0 Å². The Bertz CT molecular complexity index is 3180. The summed E-state index contributed by atoms with van der Waals surface area (Å²) in [7, 11) is 0. The van der Waals surface area contributed by atoms with Crippen LogP contribution in [0.2, 0.25) is 0 Å². The normalized spacial score (nSPS) is 11.6. The van der Waals surface area contributed by atoms with Crippen molar-refractivity contribution in [2.75, 3.05) is 0 Å². The van der Waals surface area contributed by atoms with Crippen molar-refractivity contribution in [3.63, 3.8) is 0 Å². The van der Waals surface area contributed by atoms with Crippen LogP contribution >= 0.6 is 0 Å². The summed E-state index contributed by atoms with van der Waals surface area (Å²) in [6, 6.07) is 66.9. The lowest BCUT2D eigenvalue weighted by Crippen LogP contribution is -1.98. The van der Waals surface area contributed by atoms with Crippen LogP contribution < -0.4 is 0 Å². The van der Waals surface area contributed by atoms with Crippen LogP contribution in [0.1, 0.15) is 0 Å². The summed E-state index contributed by atoms with van der Waals surface area (Å²) < 4.78 is 0. The first-order valence-electron chi connectivity index (χ1n) is 18.6. The van der Waals surface area contributed by atoms with Crippen molar-refractivity contribution in [1.82, 2.24) is 20.0 Å². The van der Waals surface area contributed by atoms with Crippen molar-refractivity contribution in [2.24, 2.45) is 0 Å². The lowest BCUT2D eigenvalue weighted by atomic mass is 9.85. The van der Waals surface area contributed by atoms with Gasteiger partial charge in [-0.25, -0.2) is 0 Å². The molecule has 4 heteroatoms. The van der Waals surface area contributed by atoms with Crippen molar-refractivity contribution in [1.29, 1.82) is 0 Å². The maximum Gasteiger partial charge on any atom is 0.121 e. The topological polar surface area (TPSA) is 43.6 Å². The maximum absolute atomic E-state index is 5.02. The van der Waals surface area contributed by atoms with Crippen LogP contribution in [-0.4, -0.2) is 20.0 Å². The van der Waals surface area contributed by atoms with Gasteiger partial charge < -0.3 is 0 Å². The molecule has 0 aliphatic rings. The van der Waals surface area contributed by atoms with Crippen LogP contribution in [-0.2, 0) is 0 Å². The number of aromatic nitrogens is 4. The van der Waals surface area contributed by atoms with Crippen molar-refractivity contribution in [2.45, 2.75) is 0 Å². The van der Waals surface area contributed by atoms with Crippen molar-refractivity contribution < 1.29 is 0 Å². The van der Waals surface area contributed by atoms with Crippen LogP contribution in [0, 0.1) is 0 Å². The fourth-order valence-electron chi connectivity index (χ4n) is 8.29. The molecule has 0 atom stereocenters. The molecule has 0 saturated heterocycles. The van der Waals surface area contributed by atoms with Crippen LogP contribution in [0.25, 0.3) is 104 Å². The third-order valence-electron chi connectivity index (χ3n) is 10.9. The van der Waals surface area contributed by atoms with Gasteiger partial charge in [0.15, 0.2) is 0 Å². The number of rotatable bonds is 5. The van der Waals surface area contributed by atoms with Crippen molar-refractivity contribution in [3.8, 4) is 50.2 Å². The van der Waals surface area contributed by atoms with E-state index in [1.54, 1.807) is 4.80 Å². The van der Waals surface area contributed by atoms with E-state index in [1.807, 2.05) is 24.4 Å². The quantitative estimate of drug-likeness (QED) is 0.168. The molecule has 55 heavy (non-hydrogen) atoms. The highest BCUT2D eigenvalue weighted by Crippen LogP contribution is 2.44. The summed E-state index contributed by atoms with van der Waals surface area (Å²) in [5, 5.41) is 18.4. The fourth-order valence-corrected chi connectivity index (χ4v) is 8.29. The van der Waals surface area contributed by atoms with Gasteiger partial charge in [-0.2, -0.15) is 4.80 Å². The van der Waals surface area contributed by atoms with E-state index >= 15 is 0 Å². The minimum Gasteiger partial charge on any atom is -0.256 e. The fraction of sp³-hybridized carbons (Fsp3) is 0. The third kappa shape index (κ3) is 5.19. The Kier molecular flexibility index (Phi) is 7.14. The van der Waals surface area contributed by atoms with Gasteiger partial charge in [-0.05, 0) is 96.2 Å². The Balaban J connectivity index is 0.996. The molecule has 0 amide bonds. The van der Waals surface area contributed by atoms with Gasteiger partial charge in [-0.3, -0.25) is 4.98 Å². The van der Waals surface area contributed by atoms with Gasteiger partial charge in [0, 0.05) is 22.5 Å². The molecule has 0 N–H and O–H groups in total. The lowest BCUT2D eigenvalue weighted by Gasteiger charge is -2.18. The van der Waals surface area contributed by atoms with E-state index in [1.165, 1.54) is 43.8 Å². The maximum atomic E-state index is 5.02. The molecular weight excluding hydrogens is 669 g/mol. The molecule has 0 spiro atoms. The first kappa shape index (κ1) is 31.1. The molecule has 11 aromatic rings. The van der Waals surface area contributed by atoms with Crippen LogP contribution in [0.5, 0.6) is 0 Å². The molecule has 0 bridgehead atoms. The Morgan fingerprint density at radius 2 is 0.873 bits per heavy atom. The molecule has 0 unspecified atom stereocenters. The van der Waals surface area contributed by atoms with E-state index in [2.05, 4.69) is 175 Å². The number of fused-ring (bicyclic) bond motifs is 6. The first-order chi connectivity index (χ1) is 27.3. The number of pyridine rings is 1. The monoisotopic (exact) mass is 700 g/mol. The van der Waals surface area contributed by atoms with Crippen molar-refractivity contribution >= 4 is 54.3 Å². The summed E-state index contributed by atoms with van der Waals surface area (Å²) in [5.41, 5.74) is 13.0. The van der Waals surface area contributed by atoms with E-state index in [9.17, 15) is 0 Å². The second kappa shape index (κ2) is 12.6. The minimum absolute atomic E-state index is 0.856. The summed E-state index contributed by atoms with van der Waals surface area (Å²) in [5.74, 6) is 0. The third-order valence-corrected chi connectivity index (χ3v) is 10.9. The van der Waals surface area contributed by atoms with Crippen LogP contribution in [0.15, 0.2) is 194 Å². The number of benzene rings is 9. The molecule has 0 aliphatic heterocycles. The molecule has 11 rings (SSSR count). The zero-order valence-electron chi connectivity index (χ0n) is 29.8. The lowest BCUT2D eigenvalue weighted by molar-refractivity contribution is 0.766.